The molecule has 33 heavy (non-hydrogen) atoms. The molecule has 7 nitrogen and oxygen atoms in total. The van der Waals surface area contributed by atoms with E-state index in [1.807, 2.05) is 38.1 Å². The van der Waals surface area contributed by atoms with E-state index in [4.69, 9.17) is 10.1 Å². The first-order valence-corrected chi connectivity index (χ1v) is 10.9. The van der Waals surface area contributed by atoms with Crippen LogP contribution in [0.25, 0.3) is 5.69 Å². The van der Waals surface area contributed by atoms with E-state index in [9.17, 15) is 4.79 Å². The van der Waals surface area contributed by atoms with Gasteiger partial charge in [-0.1, -0.05) is 18.2 Å². The van der Waals surface area contributed by atoms with Crippen LogP contribution in [0, 0.1) is 11.2 Å². The number of halogens is 1. The lowest BCUT2D eigenvalue weighted by Crippen LogP contribution is -2.45. The Morgan fingerprint density at radius 3 is 2.58 bits per heavy atom. The summed E-state index contributed by atoms with van der Waals surface area (Å²) >= 11 is 0. The van der Waals surface area contributed by atoms with E-state index in [1.165, 1.54) is 29.2 Å². The molecule has 3 aromatic rings. The van der Waals surface area contributed by atoms with Crippen molar-refractivity contribution in [1.29, 1.82) is 5.41 Å². The highest BCUT2D eigenvalue weighted by Crippen LogP contribution is 2.24. The molecule has 1 fully saturated rings. The minimum Gasteiger partial charge on any atom is -0.372 e. The smallest absolute Gasteiger partial charge is 0.209 e. The highest BCUT2D eigenvalue weighted by molar-refractivity contribution is 6.06. The molecule has 0 amide bonds. The van der Waals surface area contributed by atoms with Crippen molar-refractivity contribution in [3.05, 3.63) is 82.5 Å². The van der Waals surface area contributed by atoms with Gasteiger partial charge in [0, 0.05) is 43.7 Å². The summed E-state index contributed by atoms with van der Waals surface area (Å²) in [6.07, 6.45) is 2.87. The third-order valence-corrected chi connectivity index (χ3v) is 5.36. The van der Waals surface area contributed by atoms with Crippen LogP contribution in [-0.4, -0.2) is 47.0 Å². The summed E-state index contributed by atoms with van der Waals surface area (Å²) in [6, 6.07) is 15.5. The van der Waals surface area contributed by atoms with Gasteiger partial charge in [0.2, 0.25) is 5.43 Å². The molecule has 1 aliphatic heterocycles. The van der Waals surface area contributed by atoms with Gasteiger partial charge in [0.25, 0.3) is 0 Å². The molecule has 2 atom stereocenters. The minimum atomic E-state index is -0.449. The number of ether oxygens (including phenoxy) is 1. The molecule has 2 aromatic carbocycles. The predicted molar refractivity (Wildman–Crippen MR) is 128 cm³/mol. The Morgan fingerprint density at radius 2 is 1.91 bits per heavy atom. The maximum atomic E-state index is 15.2. The Hall–Kier alpha value is -3.65. The van der Waals surface area contributed by atoms with Gasteiger partial charge in [0.05, 0.1) is 23.6 Å². The van der Waals surface area contributed by atoms with E-state index >= 15 is 4.39 Å². The highest BCUT2D eigenvalue weighted by atomic mass is 19.1. The van der Waals surface area contributed by atoms with Crippen LogP contribution < -0.4 is 10.3 Å². The molecule has 0 saturated carbocycles. The molecule has 0 unspecified atom stereocenters. The van der Waals surface area contributed by atoms with E-state index in [0.29, 0.717) is 24.5 Å². The summed E-state index contributed by atoms with van der Waals surface area (Å²) in [5, 5.41) is 11.9. The first-order chi connectivity index (χ1) is 15.9. The Kier molecular flexibility index (Phi) is 6.74. The average molecular weight is 448 g/mol. The van der Waals surface area contributed by atoms with Gasteiger partial charge < -0.3 is 15.0 Å². The third kappa shape index (κ3) is 5.23. The van der Waals surface area contributed by atoms with Crippen LogP contribution >= 0.6 is 0 Å². The molecule has 0 spiro atoms. The number of anilines is 1. The van der Waals surface area contributed by atoms with Crippen LogP contribution in [0.5, 0.6) is 0 Å². The van der Waals surface area contributed by atoms with Gasteiger partial charge in [-0.2, -0.15) is 5.10 Å². The normalized spacial score (nSPS) is 18.9. The molecule has 1 aromatic heterocycles. The monoisotopic (exact) mass is 447 g/mol. The fourth-order valence-corrected chi connectivity index (χ4v) is 3.96. The van der Waals surface area contributed by atoms with Gasteiger partial charge >= 0.3 is 0 Å². The van der Waals surface area contributed by atoms with Gasteiger partial charge in [-0.15, -0.1) is 0 Å². The topological polar surface area (TPSA) is 83.6 Å². The van der Waals surface area contributed by atoms with E-state index in [1.54, 1.807) is 18.2 Å². The van der Waals surface area contributed by atoms with Gasteiger partial charge in [-0.3, -0.25) is 9.79 Å². The molecule has 8 heteroatoms. The van der Waals surface area contributed by atoms with Crippen LogP contribution in [0.15, 0.2) is 70.6 Å². The summed E-state index contributed by atoms with van der Waals surface area (Å²) < 4.78 is 22.3. The van der Waals surface area contributed by atoms with E-state index < -0.39 is 5.82 Å². The lowest BCUT2D eigenvalue weighted by molar-refractivity contribution is -0.00523. The van der Waals surface area contributed by atoms with Crippen LogP contribution in [0.1, 0.15) is 26.0 Å². The maximum Gasteiger partial charge on any atom is 0.209 e. The standard InChI is InChI=1S/C25H26FN5O2/c1-17-15-30(16-18(2)33-17)20-8-9-23(21(26)14-20)31-13-11-24(32)25(29-31)22(10-12-27)28-19-6-4-3-5-7-19/h3-9,11-14,17-18,27H,10,15-16H2,1-2H3/t17-,18+. The van der Waals surface area contributed by atoms with Crippen molar-refractivity contribution in [2.24, 2.45) is 4.99 Å². The van der Waals surface area contributed by atoms with Gasteiger partial charge in [-0.05, 0) is 44.2 Å². The Labute approximate surface area is 191 Å². The van der Waals surface area contributed by atoms with Crippen molar-refractivity contribution in [2.75, 3.05) is 18.0 Å². The molecule has 4 rings (SSSR count). The van der Waals surface area contributed by atoms with Crippen molar-refractivity contribution in [3.8, 4) is 5.69 Å². The third-order valence-electron chi connectivity index (χ3n) is 5.36. The number of rotatable bonds is 6. The first kappa shape index (κ1) is 22.5. The summed E-state index contributed by atoms with van der Waals surface area (Å²) in [4.78, 5) is 19.2. The van der Waals surface area contributed by atoms with E-state index in [2.05, 4.69) is 15.0 Å². The van der Waals surface area contributed by atoms with Crippen LogP contribution in [0.2, 0.25) is 0 Å². The average Bonchev–Trinajstić information content (AvgIpc) is 2.79. The molecular formula is C25H26FN5O2. The first-order valence-electron chi connectivity index (χ1n) is 10.9. The predicted octanol–water partition coefficient (Wildman–Crippen LogP) is 4.15. The molecule has 0 aliphatic carbocycles. The number of nitrogens with one attached hydrogen (secondary N) is 1. The van der Waals surface area contributed by atoms with Crippen molar-refractivity contribution in [1.82, 2.24) is 9.78 Å². The minimum absolute atomic E-state index is 0.0656. The quantitative estimate of drug-likeness (QED) is 0.576. The van der Waals surface area contributed by atoms with Crippen molar-refractivity contribution in [2.45, 2.75) is 32.5 Å². The van der Waals surface area contributed by atoms with Crippen LogP contribution in [0.4, 0.5) is 15.8 Å². The molecule has 0 bridgehead atoms. The zero-order chi connectivity index (χ0) is 23.4. The SMILES string of the molecule is C[C@@H]1CN(c2ccc(-n3ccc(=O)c(C(CC=N)=Nc4ccccc4)n3)c(F)c2)C[C@H](C)O1. The summed E-state index contributed by atoms with van der Waals surface area (Å²) in [5.41, 5.74) is 1.75. The van der Waals surface area contributed by atoms with Gasteiger partial charge in [-0.25, -0.2) is 9.07 Å². The number of benzene rings is 2. The fourth-order valence-electron chi connectivity index (χ4n) is 3.96. The number of nitrogens with zero attached hydrogens (tertiary/aromatic N) is 4. The molecular weight excluding hydrogens is 421 g/mol. The molecule has 1 N–H and O–H groups in total. The number of aliphatic imine (C=N–C) groups is 1. The second kappa shape index (κ2) is 9.87. The molecule has 2 heterocycles. The van der Waals surface area contributed by atoms with Gasteiger partial charge in [0.1, 0.15) is 5.69 Å². The van der Waals surface area contributed by atoms with E-state index in [0.717, 1.165) is 5.69 Å². The van der Waals surface area contributed by atoms with Crippen molar-refractivity contribution >= 4 is 23.3 Å². The van der Waals surface area contributed by atoms with Crippen molar-refractivity contribution in [3.63, 3.8) is 0 Å². The zero-order valence-corrected chi connectivity index (χ0v) is 18.6. The Bertz CT molecular complexity index is 1210. The Morgan fingerprint density at radius 1 is 1.18 bits per heavy atom. The maximum absolute atomic E-state index is 15.2. The second-order valence-electron chi connectivity index (χ2n) is 8.07. The lowest BCUT2D eigenvalue weighted by Gasteiger charge is -2.37. The Balaban J connectivity index is 1.69. The number of morpholine rings is 1. The number of aromatic nitrogens is 2. The summed E-state index contributed by atoms with van der Waals surface area (Å²) in [7, 11) is 0. The highest BCUT2D eigenvalue weighted by Gasteiger charge is 2.23. The summed E-state index contributed by atoms with van der Waals surface area (Å²) in [5.74, 6) is -0.449. The zero-order valence-electron chi connectivity index (χ0n) is 18.6. The summed E-state index contributed by atoms with van der Waals surface area (Å²) in [6.45, 7) is 5.38. The number of hydrogen-bond acceptors (Lipinski definition) is 6. The lowest BCUT2D eigenvalue weighted by atomic mass is 10.1. The van der Waals surface area contributed by atoms with Gasteiger partial charge in [0.15, 0.2) is 11.5 Å². The van der Waals surface area contributed by atoms with Crippen LogP contribution in [-0.2, 0) is 4.74 Å². The molecule has 1 aliphatic rings. The molecule has 0 radical (unpaired) electrons. The van der Waals surface area contributed by atoms with Crippen LogP contribution in [0.3, 0.4) is 0 Å². The second-order valence-corrected chi connectivity index (χ2v) is 8.07. The largest absolute Gasteiger partial charge is 0.372 e. The fraction of sp³-hybridized carbons (Fsp3) is 0.280. The van der Waals surface area contributed by atoms with E-state index in [-0.39, 0.29) is 35.4 Å². The number of para-hydroxylation sites is 1. The molecule has 1 saturated heterocycles. The van der Waals surface area contributed by atoms with Crippen molar-refractivity contribution < 1.29 is 9.13 Å². The number of hydrogen-bond donors (Lipinski definition) is 1. The molecule has 170 valence electrons.